The molecule has 6 aromatic rings. The van der Waals surface area contributed by atoms with Crippen molar-refractivity contribution < 1.29 is 38.8 Å². The van der Waals surface area contributed by atoms with Crippen LogP contribution < -0.4 is 16.4 Å². The Morgan fingerprint density at radius 3 is 1.46 bits per heavy atom. The quantitative estimate of drug-likeness (QED) is 0.0967. The van der Waals surface area contributed by atoms with Gasteiger partial charge in [-0.25, -0.2) is 0 Å². The van der Waals surface area contributed by atoms with Crippen molar-refractivity contribution in [3.8, 4) is 0 Å². The Labute approximate surface area is 411 Å². The molecule has 3 aliphatic rings. The SMILES string of the molecule is CC.CC.CC.Cc1ccc(C(=O)Cc2ccc3c(c2)B(O)CCC3)cn1.Cc1ccc(C(=O)Cc2ccc3c(c2)B(O)OCC3)cc1.Cc1ccc(C(=O)Cc2ccc3c(c2)B(O)OCC3)nc1. The zero-order chi connectivity index (χ0) is 50.5. The van der Waals surface area contributed by atoms with Gasteiger partial charge in [-0.2, -0.15) is 0 Å². The summed E-state index contributed by atoms with van der Waals surface area (Å²) in [7, 11) is -1.76. The Bertz CT molecular complexity index is 2290. The van der Waals surface area contributed by atoms with Crippen LogP contribution in [-0.4, -0.2) is 76.8 Å². The van der Waals surface area contributed by atoms with Crippen molar-refractivity contribution >= 4 is 54.9 Å². The summed E-state index contributed by atoms with van der Waals surface area (Å²) in [6.45, 7) is 18.5. The largest absolute Gasteiger partial charge is 0.491 e. The number of Topliss-reactive ketones (excluding diaryl/α,β-unsaturated/α-hetero) is 3. The summed E-state index contributed by atoms with van der Waals surface area (Å²) in [4.78, 5) is 45.1. The number of carbonyl (C=O) groups is 3. The average Bonchev–Trinajstić information content (AvgIpc) is 3.37. The van der Waals surface area contributed by atoms with E-state index in [9.17, 15) is 29.5 Å². The van der Waals surface area contributed by atoms with Gasteiger partial charge in [-0.1, -0.05) is 144 Å². The summed E-state index contributed by atoms with van der Waals surface area (Å²) < 4.78 is 10.5. The van der Waals surface area contributed by atoms with Crippen LogP contribution in [0.4, 0.5) is 0 Å². The lowest BCUT2D eigenvalue weighted by Crippen LogP contribution is -2.41. The maximum atomic E-state index is 12.3. The van der Waals surface area contributed by atoms with E-state index in [1.807, 2.05) is 159 Å². The van der Waals surface area contributed by atoms with Gasteiger partial charge in [0.15, 0.2) is 17.3 Å². The fraction of sp³-hybridized carbons (Fsp3) is 0.339. The molecule has 0 spiro atoms. The van der Waals surface area contributed by atoms with Crippen LogP contribution in [0.3, 0.4) is 0 Å². The average molecular weight is 931 g/mol. The van der Waals surface area contributed by atoms with Crippen LogP contribution in [0.1, 0.15) is 129 Å². The van der Waals surface area contributed by atoms with Gasteiger partial charge in [0.2, 0.25) is 0 Å². The molecule has 0 aliphatic carbocycles. The molecule has 2 aromatic heterocycles. The highest BCUT2D eigenvalue weighted by Gasteiger charge is 2.27. The number of fused-ring (bicyclic) bond motifs is 3. The van der Waals surface area contributed by atoms with Crippen LogP contribution in [0.2, 0.25) is 6.32 Å². The Hall–Kier alpha value is -5.82. The second kappa shape index (κ2) is 28.6. The fourth-order valence-corrected chi connectivity index (χ4v) is 7.95. The molecule has 0 fully saturated rings. The van der Waals surface area contributed by atoms with Crippen LogP contribution in [0.15, 0.2) is 116 Å². The van der Waals surface area contributed by atoms with Crippen molar-refractivity contribution in [1.29, 1.82) is 0 Å². The second-order valence-corrected chi connectivity index (χ2v) is 16.5. The van der Waals surface area contributed by atoms with Gasteiger partial charge in [-0.05, 0) is 114 Å². The molecule has 0 saturated heterocycles. The minimum Gasteiger partial charge on any atom is -0.446 e. The highest BCUT2D eigenvalue weighted by molar-refractivity contribution is 6.67. The van der Waals surface area contributed by atoms with Gasteiger partial charge in [0.05, 0.1) is 0 Å². The summed E-state index contributed by atoms with van der Waals surface area (Å²) in [5.41, 5.74) is 13.6. The highest BCUT2D eigenvalue weighted by Crippen LogP contribution is 2.17. The van der Waals surface area contributed by atoms with E-state index in [1.165, 1.54) is 5.56 Å². The number of aryl methyl sites for hydroxylation is 4. The van der Waals surface area contributed by atoms with Crippen LogP contribution in [0.5, 0.6) is 0 Å². The molecule has 0 bridgehead atoms. The van der Waals surface area contributed by atoms with Gasteiger partial charge in [0, 0.05) is 61.7 Å². The van der Waals surface area contributed by atoms with Gasteiger partial charge in [0.25, 0.3) is 0 Å². The third-order valence-corrected chi connectivity index (χ3v) is 11.6. The van der Waals surface area contributed by atoms with Crippen molar-refractivity contribution in [2.75, 3.05) is 13.2 Å². The van der Waals surface area contributed by atoms with Gasteiger partial charge in [0.1, 0.15) is 5.69 Å². The van der Waals surface area contributed by atoms with Crippen molar-refractivity contribution in [2.24, 2.45) is 0 Å². The first kappa shape index (κ1) is 55.8. The molecule has 360 valence electrons. The lowest BCUT2D eigenvalue weighted by molar-refractivity contribution is 0.0981. The van der Waals surface area contributed by atoms with Crippen LogP contribution in [-0.2, 0) is 47.8 Å². The standard InChI is InChI=1S/C17H18BNO2.C17H17BO3.C16H16BNO3.3C2H6/c1-12-4-6-15(11-19-12)17(20)10-13-5-7-14-3-2-8-18(21)16(14)9-13;1-12-2-5-15(6-3-12)17(19)11-13-4-7-14-8-9-21-18(20)16(14)10-13;1-11-2-5-15(18-10-11)16(19)9-12-3-4-13-6-7-21-17(20)14(13)8-12;3*1-2/h4-7,9,11,21H,2-3,8,10H2,1H3;2-7,10,20H,8-9,11H2,1H3;2-5,8,10,20H,6-7,9H2,1H3;3*1-2H3. The molecule has 69 heavy (non-hydrogen) atoms. The molecular weight excluding hydrogens is 861 g/mol. The molecule has 10 nitrogen and oxygen atoms in total. The van der Waals surface area contributed by atoms with E-state index in [2.05, 4.69) is 9.97 Å². The van der Waals surface area contributed by atoms with Crippen LogP contribution in [0.25, 0.3) is 0 Å². The smallest absolute Gasteiger partial charge is 0.446 e. The minimum atomic E-state index is -0.888. The predicted octanol–water partition coefficient (Wildman–Crippen LogP) is 7.79. The molecular formula is C56H69B3N2O8. The number of carbonyl (C=O) groups excluding carboxylic acids is 3. The van der Waals surface area contributed by atoms with E-state index in [0.29, 0.717) is 37.3 Å². The predicted molar refractivity (Wildman–Crippen MR) is 282 cm³/mol. The Kier molecular flexibility index (Phi) is 23.1. The van der Waals surface area contributed by atoms with Gasteiger partial charge in [-0.3, -0.25) is 24.4 Å². The molecule has 13 heteroatoms. The minimum absolute atomic E-state index is 0.0267. The molecule has 0 unspecified atom stereocenters. The first-order valence-corrected chi connectivity index (χ1v) is 24.5. The lowest BCUT2D eigenvalue weighted by atomic mass is 9.53. The Morgan fingerprint density at radius 1 is 0.507 bits per heavy atom. The summed E-state index contributed by atoms with van der Waals surface area (Å²) in [5, 5.41) is 29.8. The van der Waals surface area contributed by atoms with E-state index in [-0.39, 0.29) is 30.7 Å². The number of rotatable bonds is 9. The fourth-order valence-electron chi connectivity index (χ4n) is 7.95. The summed E-state index contributed by atoms with van der Waals surface area (Å²) in [6.07, 6.45) is 8.74. The van der Waals surface area contributed by atoms with Crippen molar-refractivity contribution in [3.63, 3.8) is 0 Å². The van der Waals surface area contributed by atoms with Crippen LogP contribution >= 0.6 is 0 Å². The molecule has 0 amide bonds. The monoisotopic (exact) mass is 931 g/mol. The molecule has 4 aromatic carbocycles. The molecule has 3 N–H and O–H groups in total. The van der Waals surface area contributed by atoms with E-state index in [1.54, 1.807) is 18.5 Å². The summed E-state index contributed by atoms with van der Waals surface area (Å²) in [6, 6.07) is 32.5. The number of aromatic nitrogens is 2. The van der Waals surface area contributed by atoms with Crippen molar-refractivity contribution in [2.45, 2.75) is 114 Å². The van der Waals surface area contributed by atoms with Crippen molar-refractivity contribution in [3.05, 3.63) is 183 Å². The zero-order valence-electron chi connectivity index (χ0n) is 42.1. The molecule has 9 rings (SSSR count). The number of hydrogen-bond donors (Lipinski definition) is 3. The number of ketones is 3. The molecule has 0 atom stereocenters. The zero-order valence-corrected chi connectivity index (χ0v) is 42.1. The molecule has 3 aliphatic heterocycles. The van der Waals surface area contributed by atoms with E-state index in [0.717, 1.165) is 98.6 Å². The lowest BCUT2D eigenvalue weighted by Gasteiger charge is -2.19. The summed E-state index contributed by atoms with van der Waals surface area (Å²) in [5.74, 6) is 0.120. The normalized spacial score (nSPS) is 13.0. The van der Waals surface area contributed by atoms with E-state index < -0.39 is 14.2 Å². The van der Waals surface area contributed by atoms with Gasteiger partial charge >= 0.3 is 21.2 Å². The van der Waals surface area contributed by atoms with Gasteiger partial charge in [-0.15, -0.1) is 0 Å². The van der Waals surface area contributed by atoms with E-state index >= 15 is 0 Å². The van der Waals surface area contributed by atoms with E-state index in [4.69, 9.17) is 9.31 Å². The number of nitrogens with zero attached hydrogens (tertiary/aromatic N) is 2. The second-order valence-electron chi connectivity index (χ2n) is 16.5. The first-order chi connectivity index (χ1) is 33.4. The first-order valence-electron chi connectivity index (χ1n) is 24.5. The third kappa shape index (κ3) is 16.4. The molecule has 0 saturated carbocycles. The topological polar surface area (TPSA) is 156 Å². The van der Waals surface area contributed by atoms with Gasteiger partial charge < -0.3 is 24.4 Å². The van der Waals surface area contributed by atoms with Crippen molar-refractivity contribution in [1.82, 2.24) is 9.97 Å². The molecule has 5 heterocycles. The Morgan fingerprint density at radius 2 is 0.971 bits per heavy atom. The summed E-state index contributed by atoms with van der Waals surface area (Å²) >= 11 is 0. The number of benzene rings is 4. The maximum Gasteiger partial charge on any atom is 0.491 e. The third-order valence-electron chi connectivity index (χ3n) is 11.6. The van der Waals surface area contributed by atoms with Crippen LogP contribution in [0, 0.1) is 20.8 Å². The Balaban J connectivity index is 0.000000213. The molecule has 0 radical (unpaired) electrons. The highest BCUT2D eigenvalue weighted by atomic mass is 16.5. The number of hydrogen-bond acceptors (Lipinski definition) is 10. The maximum absolute atomic E-state index is 12.3. The number of pyridine rings is 2.